The number of rotatable bonds is 2. The van der Waals surface area contributed by atoms with Crippen LogP contribution in [0.4, 0.5) is 0 Å². The van der Waals surface area contributed by atoms with Crippen molar-refractivity contribution in [1.29, 1.82) is 0 Å². The van der Waals surface area contributed by atoms with Gasteiger partial charge in [0.25, 0.3) is 0 Å². The number of aromatic nitrogens is 5. The topological polar surface area (TPSA) is 65.6 Å². The molecule has 0 unspecified atom stereocenters. The number of carbonyl (C=O) groups excluding carboxylic acids is 1. The van der Waals surface area contributed by atoms with E-state index < -0.39 is 0 Å². The summed E-state index contributed by atoms with van der Waals surface area (Å²) in [6, 6.07) is 0. The fourth-order valence-electron chi connectivity index (χ4n) is 1.13. The van der Waals surface area contributed by atoms with Crippen molar-refractivity contribution in [3.8, 4) is 0 Å². The van der Waals surface area contributed by atoms with Gasteiger partial charge in [-0.2, -0.15) is 0 Å². The molecule has 0 aliphatic rings. The van der Waals surface area contributed by atoms with Gasteiger partial charge in [-0.3, -0.25) is 4.79 Å². The summed E-state index contributed by atoms with van der Waals surface area (Å²) in [6.45, 7) is 0. The van der Waals surface area contributed by atoms with Crippen LogP contribution in [0.1, 0.15) is 16.3 Å². The molecule has 0 aliphatic carbocycles. The van der Waals surface area contributed by atoms with Crippen LogP contribution >= 0.6 is 0 Å². The van der Waals surface area contributed by atoms with Crippen LogP contribution in [-0.2, 0) is 14.1 Å². The molecule has 0 amide bonds. The van der Waals surface area contributed by atoms with E-state index in [9.17, 15) is 4.79 Å². The third-order valence-corrected chi connectivity index (χ3v) is 1.85. The van der Waals surface area contributed by atoms with Gasteiger partial charge in [-0.25, -0.2) is 4.98 Å². The lowest BCUT2D eigenvalue weighted by Gasteiger charge is -1.94. The van der Waals surface area contributed by atoms with Crippen LogP contribution in [0.3, 0.4) is 0 Å². The lowest BCUT2D eigenvalue weighted by Crippen LogP contribution is -2.09. The molecule has 2 rings (SSSR count). The summed E-state index contributed by atoms with van der Waals surface area (Å²) in [7, 11) is 3.52. The molecule has 14 heavy (non-hydrogen) atoms. The van der Waals surface area contributed by atoms with E-state index in [1.807, 2.05) is 0 Å². The van der Waals surface area contributed by atoms with Gasteiger partial charge in [0, 0.05) is 20.3 Å². The first-order chi connectivity index (χ1) is 6.68. The summed E-state index contributed by atoms with van der Waals surface area (Å²) in [5.41, 5.74) is 0.378. The van der Waals surface area contributed by atoms with Gasteiger partial charge in [-0.05, 0) is 0 Å². The van der Waals surface area contributed by atoms with Crippen LogP contribution < -0.4 is 0 Å². The Morgan fingerprint density at radius 1 is 1.36 bits per heavy atom. The number of hydrogen-bond acceptors (Lipinski definition) is 4. The third-order valence-electron chi connectivity index (χ3n) is 1.85. The summed E-state index contributed by atoms with van der Waals surface area (Å²) < 4.78 is 3.28. The second kappa shape index (κ2) is 3.06. The van der Waals surface area contributed by atoms with Crippen LogP contribution in [-0.4, -0.2) is 30.1 Å². The van der Waals surface area contributed by atoms with Crippen LogP contribution in [0.5, 0.6) is 0 Å². The van der Waals surface area contributed by atoms with Gasteiger partial charge in [0.2, 0.25) is 11.6 Å². The largest absolute Gasteiger partial charge is 0.340 e. The van der Waals surface area contributed by atoms with Crippen molar-refractivity contribution in [1.82, 2.24) is 24.3 Å². The van der Waals surface area contributed by atoms with E-state index in [-0.39, 0.29) is 5.78 Å². The lowest BCUT2D eigenvalue weighted by atomic mass is 10.3. The average Bonchev–Trinajstić information content (AvgIpc) is 2.73. The first kappa shape index (κ1) is 8.61. The zero-order valence-corrected chi connectivity index (χ0v) is 7.88. The predicted molar refractivity (Wildman–Crippen MR) is 47.6 cm³/mol. The van der Waals surface area contributed by atoms with Crippen LogP contribution in [0, 0.1) is 0 Å². The van der Waals surface area contributed by atoms with E-state index in [0.29, 0.717) is 11.5 Å². The van der Waals surface area contributed by atoms with Crippen LogP contribution in [0.25, 0.3) is 0 Å². The predicted octanol–water partition coefficient (Wildman–Crippen LogP) is -0.220. The first-order valence-electron chi connectivity index (χ1n) is 4.05. The van der Waals surface area contributed by atoms with E-state index in [2.05, 4.69) is 15.2 Å². The Labute approximate surface area is 80.2 Å². The summed E-state index contributed by atoms with van der Waals surface area (Å²) in [6.07, 6.45) is 4.71. The van der Waals surface area contributed by atoms with Gasteiger partial charge >= 0.3 is 0 Å². The smallest absolute Gasteiger partial charge is 0.250 e. The maximum absolute atomic E-state index is 11.7. The van der Waals surface area contributed by atoms with Crippen LogP contribution in [0.2, 0.25) is 0 Å². The van der Waals surface area contributed by atoms with Gasteiger partial charge in [0.1, 0.15) is 12.0 Å². The molecular formula is C8H9N5O. The molecule has 0 aromatic carbocycles. The van der Waals surface area contributed by atoms with Gasteiger partial charge in [0.05, 0.1) is 6.33 Å². The molecule has 0 saturated heterocycles. The van der Waals surface area contributed by atoms with Crippen molar-refractivity contribution in [2.45, 2.75) is 0 Å². The molecule has 0 atom stereocenters. The van der Waals surface area contributed by atoms with Crippen molar-refractivity contribution >= 4 is 5.78 Å². The highest BCUT2D eigenvalue weighted by Gasteiger charge is 2.16. The zero-order valence-electron chi connectivity index (χ0n) is 7.88. The number of hydrogen-bond donors (Lipinski definition) is 0. The highest BCUT2D eigenvalue weighted by molar-refractivity contribution is 6.04. The molecule has 0 aliphatic heterocycles. The van der Waals surface area contributed by atoms with E-state index in [0.717, 1.165) is 0 Å². The Hall–Kier alpha value is -1.98. The molecule has 0 saturated carbocycles. The summed E-state index contributed by atoms with van der Waals surface area (Å²) in [5, 5.41) is 7.35. The number of nitrogens with zero attached hydrogens (tertiary/aromatic N) is 5. The maximum Gasteiger partial charge on any atom is 0.250 e. The Balaban J connectivity index is 2.38. The van der Waals surface area contributed by atoms with E-state index in [1.54, 1.807) is 35.8 Å². The van der Waals surface area contributed by atoms with Crippen molar-refractivity contribution in [3.63, 3.8) is 0 Å². The zero-order chi connectivity index (χ0) is 10.1. The first-order valence-corrected chi connectivity index (χ1v) is 4.05. The van der Waals surface area contributed by atoms with E-state index >= 15 is 0 Å². The molecule has 0 bridgehead atoms. The highest BCUT2D eigenvalue weighted by Crippen LogP contribution is 2.03. The summed E-state index contributed by atoms with van der Waals surface area (Å²) in [4.78, 5) is 15.7. The Morgan fingerprint density at radius 2 is 2.14 bits per heavy atom. The summed E-state index contributed by atoms with van der Waals surface area (Å²) in [5.74, 6) is 0.0781. The molecule has 2 aromatic heterocycles. The van der Waals surface area contributed by atoms with Gasteiger partial charge in [0.15, 0.2) is 0 Å². The minimum Gasteiger partial charge on any atom is -0.340 e. The monoisotopic (exact) mass is 191 g/mol. The second-order valence-electron chi connectivity index (χ2n) is 3.02. The van der Waals surface area contributed by atoms with E-state index in [4.69, 9.17) is 0 Å². The molecular weight excluding hydrogens is 182 g/mol. The molecule has 0 radical (unpaired) electrons. The number of aryl methyl sites for hydroxylation is 2. The Morgan fingerprint density at radius 3 is 2.64 bits per heavy atom. The average molecular weight is 191 g/mol. The number of imidazole rings is 1. The van der Waals surface area contributed by atoms with Crippen molar-refractivity contribution in [2.24, 2.45) is 14.1 Å². The van der Waals surface area contributed by atoms with Crippen molar-refractivity contribution in [3.05, 3.63) is 30.4 Å². The maximum atomic E-state index is 11.7. The molecule has 72 valence electrons. The third kappa shape index (κ3) is 1.30. The second-order valence-corrected chi connectivity index (χ2v) is 3.02. The minimum atomic E-state index is -0.217. The Kier molecular flexibility index (Phi) is 1.88. The molecule has 0 N–H and O–H groups in total. The van der Waals surface area contributed by atoms with Crippen molar-refractivity contribution < 1.29 is 4.79 Å². The van der Waals surface area contributed by atoms with Crippen molar-refractivity contribution in [2.75, 3.05) is 0 Å². The molecule has 6 nitrogen and oxygen atoms in total. The highest BCUT2D eigenvalue weighted by atomic mass is 16.1. The molecule has 0 spiro atoms. The molecule has 2 heterocycles. The minimum absolute atomic E-state index is 0.217. The number of ketones is 1. The molecule has 6 heteroatoms. The molecule has 0 fully saturated rings. The fraction of sp³-hybridized carbons (Fsp3) is 0.250. The quantitative estimate of drug-likeness (QED) is 0.615. The SMILES string of the molecule is Cn1cnc(C(=O)c2nncn2C)c1. The number of carbonyl (C=O) groups is 1. The van der Waals surface area contributed by atoms with E-state index in [1.165, 1.54) is 6.33 Å². The van der Waals surface area contributed by atoms with Gasteiger partial charge in [-0.15, -0.1) is 10.2 Å². The van der Waals surface area contributed by atoms with Gasteiger partial charge < -0.3 is 9.13 Å². The normalized spacial score (nSPS) is 10.4. The standard InChI is InChI=1S/C8H9N5O/c1-12-3-6(9-4-12)7(14)8-11-10-5-13(8)2/h3-5H,1-2H3. The van der Waals surface area contributed by atoms with Crippen LogP contribution in [0.15, 0.2) is 18.9 Å². The lowest BCUT2D eigenvalue weighted by molar-refractivity contribution is 0.102. The summed E-state index contributed by atoms with van der Waals surface area (Å²) >= 11 is 0. The fourth-order valence-corrected chi connectivity index (χ4v) is 1.13. The molecule has 2 aromatic rings. The van der Waals surface area contributed by atoms with Gasteiger partial charge in [-0.1, -0.05) is 0 Å². The Bertz CT molecular complexity index is 470.